The lowest BCUT2D eigenvalue weighted by Gasteiger charge is -2.39. The summed E-state index contributed by atoms with van der Waals surface area (Å²) in [6.45, 7) is 5.29. The van der Waals surface area contributed by atoms with Crippen molar-refractivity contribution in [2.24, 2.45) is 5.92 Å². The number of hydrogen-bond donors (Lipinski definition) is 1. The lowest BCUT2D eigenvalue weighted by atomic mass is 9.82. The summed E-state index contributed by atoms with van der Waals surface area (Å²) in [7, 11) is 0. The summed E-state index contributed by atoms with van der Waals surface area (Å²) in [5.74, 6) is 1.01. The topological polar surface area (TPSA) is 21.3 Å². The van der Waals surface area contributed by atoms with Crippen LogP contribution >= 0.6 is 0 Å². The molecule has 1 N–H and O–H groups in total. The molecule has 0 atom stereocenters. The third-order valence-corrected chi connectivity index (χ3v) is 4.39. The second-order valence-corrected chi connectivity index (χ2v) is 5.54. The van der Waals surface area contributed by atoms with E-state index in [0.29, 0.717) is 6.10 Å². The van der Waals surface area contributed by atoms with Crippen LogP contribution in [-0.4, -0.2) is 24.8 Å². The number of hydrogen-bond acceptors (Lipinski definition) is 2. The monoisotopic (exact) mass is 225 g/mol. The van der Waals surface area contributed by atoms with E-state index < -0.39 is 0 Å². The molecule has 0 aromatic carbocycles. The highest BCUT2D eigenvalue weighted by Crippen LogP contribution is 2.29. The van der Waals surface area contributed by atoms with Gasteiger partial charge in [0, 0.05) is 18.7 Å². The van der Waals surface area contributed by atoms with Crippen LogP contribution in [0.5, 0.6) is 0 Å². The standard InChI is InChI=1S/C14H27NO/c1-3-11-5-7-12(8-6-11)15-13-9-14(10-13)16-4-2/h11-15H,3-10H2,1-2H3. The van der Waals surface area contributed by atoms with E-state index in [0.717, 1.165) is 24.6 Å². The molecule has 0 spiro atoms. The van der Waals surface area contributed by atoms with Gasteiger partial charge < -0.3 is 10.1 Å². The van der Waals surface area contributed by atoms with Crippen molar-refractivity contribution in [3.05, 3.63) is 0 Å². The van der Waals surface area contributed by atoms with E-state index >= 15 is 0 Å². The maximum absolute atomic E-state index is 5.59. The zero-order valence-corrected chi connectivity index (χ0v) is 10.9. The Balaban J connectivity index is 1.58. The Morgan fingerprint density at radius 1 is 1.00 bits per heavy atom. The van der Waals surface area contributed by atoms with E-state index in [-0.39, 0.29) is 0 Å². The van der Waals surface area contributed by atoms with Gasteiger partial charge in [-0.3, -0.25) is 0 Å². The van der Waals surface area contributed by atoms with Crippen LogP contribution in [0.3, 0.4) is 0 Å². The molecule has 0 amide bonds. The molecule has 0 saturated heterocycles. The second kappa shape index (κ2) is 6.02. The third-order valence-electron chi connectivity index (χ3n) is 4.39. The fourth-order valence-electron chi connectivity index (χ4n) is 3.14. The summed E-state index contributed by atoms with van der Waals surface area (Å²) in [6, 6.07) is 1.55. The normalized spacial score (nSPS) is 39.4. The highest BCUT2D eigenvalue weighted by atomic mass is 16.5. The maximum Gasteiger partial charge on any atom is 0.0604 e. The number of nitrogens with one attached hydrogen (secondary N) is 1. The van der Waals surface area contributed by atoms with Gasteiger partial charge in [-0.1, -0.05) is 13.3 Å². The molecule has 0 radical (unpaired) electrons. The molecule has 2 heteroatoms. The molecule has 0 aliphatic heterocycles. The van der Waals surface area contributed by atoms with Crippen molar-refractivity contribution < 1.29 is 4.74 Å². The predicted molar refractivity (Wildman–Crippen MR) is 67.6 cm³/mol. The van der Waals surface area contributed by atoms with E-state index in [1.807, 2.05) is 0 Å². The van der Waals surface area contributed by atoms with Crippen LogP contribution in [0.2, 0.25) is 0 Å². The molecular weight excluding hydrogens is 198 g/mol. The Labute approximate surface area is 100 Å². The summed E-state index contributed by atoms with van der Waals surface area (Å²) < 4.78 is 5.59. The van der Waals surface area contributed by atoms with Crippen LogP contribution in [0.4, 0.5) is 0 Å². The van der Waals surface area contributed by atoms with Crippen LogP contribution in [0, 0.1) is 5.92 Å². The average Bonchev–Trinajstić information content (AvgIpc) is 2.27. The molecule has 0 aromatic rings. The average molecular weight is 225 g/mol. The summed E-state index contributed by atoms with van der Waals surface area (Å²) in [4.78, 5) is 0. The van der Waals surface area contributed by atoms with Crippen molar-refractivity contribution in [1.29, 1.82) is 0 Å². The quantitative estimate of drug-likeness (QED) is 0.776. The van der Waals surface area contributed by atoms with Gasteiger partial charge in [-0.15, -0.1) is 0 Å². The van der Waals surface area contributed by atoms with E-state index in [2.05, 4.69) is 19.2 Å². The van der Waals surface area contributed by atoms with Gasteiger partial charge in [0.25, 0.3) is 0 Å². The molecule has 2 rings (SSSR count). The first-order valence-electron chi connectivity index (χ1n) is 7.19. The van der Waals surface area contributed by atoms with Crippen molar-refractivity contribution in [1.82, 2.24) is 5.32 Å². The van der Waals surface area contributed by atoms with Gasteiger partial charge in [0.05, 0.1) is 6.10 Å². The molecule has 2 aliphatic carbocycles. The van der Waals surface area contributed by atoms with Gasteiger partial charge in [-0.25, -0.2) is 0 Å². The molecule has 2 nitrogen and oxygen atoms in total. The van der Waals surface area contributed by atoms with E-state index in [9.17, 15) is 0 Å². The molecule has 16 heavy (non-hydrogen) atoms. The number of rotatable bonds is 5. The SMILES string of the molecule is CCOC1CC(NC2CCC(CC)CC2)C1. The molecular formula is C14H27NO. The summed E-state index contributed by atoms with van der Waals surface area (Å²) >= 11 is 0. The van der Waals surface area contributed by atoms with Crippen molar-refractivity contribution in [3.8, 4) is 0 Å². The van der Waals surface area contributed by atoms with Crippen molar-refractivity contribution >= 4 is 0 Å². The minimum absolute atomic E-state index is 0.550. The first kappa shape index (κ1) is 12.4. The molecule has 0 unspecified atom stereocenters. The van der Waals surface area contributed by atoms with Gasteiger partial charge in [-0.2, -0.15) is 0 Å². The minimum Gasteiger partial charge on any atom is -0.378 e. The Kier molecular flexibility index (Phi) is 4.66. The Morgan fingerprint density at radius 3 is 2.25 bits per heavy atom. The predicted octanol–water partition coefficient (Wildman–Crippen LogP) is 3.11. The molecule has 0 heterocycles. The van der Waals surface area contributed by atoms with Gasteiger partial charge >= 0.3 is 0 Å². The minimum atomic E-state index is 0.550. The third kappa shape index (κ3) is 3.21. The van der Waals surface area contributed by atoms with Crippen molar-refractivity contribution in [2.45, 2.75) is 77.0 Å². The zero-order valence-electron chi connectivity index (χ0n) is 10.9. The smallest absolute Gasteiger partial charge is 0.0604 e. The highest BCUT2D eigenvalue weighted by Gasteiger charge is 2.31. The summed E-state index contributed by atoms with van der Waals surface area (Å²) in [5.41, 5.74) is 0. The summed E-state index contributed by atoms with van der Waals surface area (Å²) in [6.07, 6.45) is 10.1. The Bertz CT molecular complexity index is 193. The van der Waals surface area contributed by atoms with Gasteiger partial charge in [0.1, 0.15) is 0 Å². The van der Waals surface area contributed by atoms with Crippen molar-refractivity contribution in [2.75, 3.05) is 6.61 Å². The molecule has 2 aliphatic rings. The van der Waals surface area contributed by atoms with Gasteiger partial charge in [0.15, 0.2) is 0 Å². The molecule has 0 aromatic heterocycles. The lowest BCUT2D eigenvalue weighted by molar-refractivity contribution is -0.0138. The Hall–Kier alpha value is -0.0800. The molecule has 2 saturated carbocycles. The largest absolute Gasteiger partial charge is 0.378 e. The van der Waals surface area contributed by atoms with Crippen LogP contribution < -0.4 is 5.32 Å². The highest BCUT2D eigenvalue weighted by molar-refractivity contribution is 4.89. The maximum atomic E-state index is 5.59. The lowest BCUT2D eigenvalue weighted by Crippen LogP contribution is -2.50. The van der Waals surface area contributed by atoms with Crippen LogP contribution in [0.15, 0.2) is 0 Å². The Morgan fingerprint density at radius 2 is 1.69 bits per heavy atom. The van der Waals surface area contributed by atoms with E-state index in [1.165, 1.54) is 44.9 Å². The first-order valence-corrected chi connectivity index (χ1v) is 7.19. The van der Waals surface area contributed by atoms with Gasteiger partial charge in [-0.05, 0) is 51.4 Å². The second-order valence-electron chi connectivity index (χ2n) is 5.54. The van der Waals surface area contributed by atoms with E-state index in [1.54, 1.807) is 0 Å². The molecule has 94 valence electrons. The van der Waals surface area contributed by atoms with E-state index in [4.69, 9.17) is 4.74 Å². The number of ether oxygens (including phenoxy) is 1. The van der Waals surface area contributed by atoms with Crippen LogP contribution in [0.25, 0.3) is 0 Å². The van der Waals surface area contributed by atoms with Gasteiger partial charge in [0.2, 0.25) is 0 Å². The fraction of sp³-hybridized carbons (Fsp3) is 1.00. The first-order chi connectivity index (χ1) is 7.81. The van der Waals surface area contributed by atoms with Crippen LogP contribution in [0.1, 0.15) is 58.8 Å². The van der Waals surface area contributed by atoms with Crippen LogP contribution in [-0.2, 0) is 4.74 Å². The molecule has 0 bridgehead atoms. The summed E-state index contributed by atoms with van der Waals surface area (Å²) in [5, 5.41) is 3.81. The van der Waals surface area contributed by atoms with Crippen molar-refractivity contribution in [3.63, 3.8) is 0 Å². The fourth-order valence-corrected chi connectivity index (χ4v) is 3.14. The molecule has 2 fully saturated rings. The zero-order chi connectivity index (χ0) is 11.4.